The van der Waals surface area contributed by atoms with E-state index in [-0.39, 0.29) is 24.8 Å². The van der Waals surface area contributed by atoms with E-state index >= 15 is 0 Å². The molecule has 4 rings (SSSR count). The van der Waals surface area contributed by atoms with Crippen molar-refractivity contribution < 1.29 is 28.2 Å². The molecule has 2 atom stereocenters. The van der Waals surface area contributed by atoms with Crippen molar-refractivity contribution in [3.8, 4) is 5.75 Å². The van der Waals surface area contributed by atoms with E-state index < -0.39 is 34.9 Å². The number of amides is 3. The first-order chi connectivity index (χ1) is 18.0. The number of piperidine rings is 1. The van der Waals surface area contributed by atoms with Gasteiger partial charge in [-0.05, 0) is 44.9 Å². The van der Waals surface area contributed by atoms with Crippen molar-refractivity contribution >= 4 is 23.6 Å². The molecule has 0 aromatic heterocycles. The Morgan fingerprint density at radius 1 is 1.16 bits per heavy atom. The molecule has 2 aromatic carbocycles. The van der Waals surface area contributed by atoms with Crippen molar-refractivity contribution in [2.75, 3.05) is 26.7 Å². The van der Waals surface area contributed by atoms with Crippen LogP contribution >= 0.6 is 0 Å². The Kier molecular flexibility index (Phi) is 7.71. The number of carbonyl (C=O) groups is 3. The minimum Gasteiger partial charge on any atom is -0.491 e. The number of carbonyl (C=O) groups excluding carboxylic acids is 3. The number of rotatable bonds is 7. The van der Waals surface area contributed by atoms with Gasteiger partial charge < -0.3 is 19.7 Å². The normalized spacial score (nSPS) is 19.9. The highest BCUT2D eigenvalue weighted by molar-refractivity contribution is 6.13. The molecule has 3 amide bonds. The summed E-state index contributed by atoms with van der Waals surface area (Å²) in [6.45, 7) is 5.32. The third-order valence-corrected chi connectivity index (χ3v) is 6.47. The third-order valence-electron chi connectivity index (χ3n) is 6.47. The number of fused-ring (bicyclic) bond motifs is 1. The Morgan fingerprint density at radius 2 is 1.89 bits per heavy atom. The Labute approximate surface area is 221 Å². The maximum Gasteiger partial charge on any atom is 0.408 e. The first-order valence-electron chi connectivity index (χ1n) is 12.5. The summed E-state index contributed by atoms with van der Waals surface area (Å²) in [5, 5.41) is 8.43. The van der Waals surface area contributed by atoms with Gasteiger partial charge in [-0.25, -0.2) is 14.2 Å². The molecule has 0 bridgehead atoms. The van der Waals surface area contributed by atoms with E-state index in [1.54, 1.807) is 38.8 Å². The van der Waals surface area contributed by atoms with Crippen molar-refractivity contribution in [3.05, 3.63) is 66.0 Å². The van der Waals surface area contributed by atoms with Gasteiger partial charge in [0.2, 0.25) is 5.91 Å². The summed E-state index contributed by atoms with van der Waals surface area (Å²) in [7, 11) is 1.62. The fraction of sp³-hybridized carbons (Fsp3) is 0.429. The maximum atomic E-state index is 13.8. The van der Waals surface area contributed by atoms with Crippen LogP contribution in [0.4, 0.5) is 9.18 Å². The summed E-state index contributed by atoms with van der Waals surface area (Å²) in [4.78, 5) is 41.4. The third kappa shape index (κ3) is 6.12. The average molecular weight is 525 g/mol. The molecule has 1 fully saturated rings. The highest BCUT2D eigenvalue weighted by Crippen LogP contribution is 2.38. The highest BCUT2D eigenvalue weighted by atomic mass is 19.1. The van der Waals surface area contributed by atoms with E-state index in [9.17, 15) is 18.8 Å². The number of hydrogen-bond donors (Lipinski definition) is 1. The van der Waals surface area contributed by atoms with E-state index in [4.69, 9.17) is 9.47 Å². The Balaban J connectivity index is 1.57. The van der Waals surface area contributed by atoms with Gasteiger partial charge in [0.05, 0.1) is 5.71 Å². The second kappa shape index (κ2) is 10.8. The van der Waals surface area contributed by atoms with Gasteiger partial charge in [0.25, 0.3) is 5.91 Å². The van der Waals surface area contributed by atoms with Crippen LogP contribution < -0.4 is 10.1 Å². The zero-order valence-corrected chi connectivity index (χ0v) is 22.1. The van der Waals surface area contributed by atoms with Crippen molar-refractivity contribution in [2.24, 2.45) is 10.5 Å². The molecule has 2 aliphatic heterocycles. The van der Waals surface area contributed by atoms with Crippen molar-refractivity contribution in [3.63, 3.8) is 0 Å². The van der Waals surface area contributed by atoms with E-state index in [1.807, 2.05) is 30.3 Å². The SMILES string of the molecule is CN1N=C2CCN(C(=O)C(COc3cccc(F)c3)NC(=O)OC(C)(C)C)C[C@@]2(Cc2ccccc2)C1=O. The molecule has 202 valence electrons. The standard InChI is InChI=1S/C28H33FN4O5/c1-27(2,3)38-26(36)30-22(17-37-21-12-8-11-20(29)15-21)24(34)33-14-13-23-28(18-33,25(35)32(4)31-23)16-19-9-6-5-7-10-19/h5-12,15,22H,13-14,16-18H2,1-4H3,(H,30,36)/t22?,28-/m1/s1. The van der Waals surface area contributed by atoms with Crippen LogP contribution in [0.3, 0.4) is 0 Å². The molecule has 10 heteroatoms. The predicted octanol–water partition coefficient (Wildman–Crippen LogP) is 3.39. The summed E-state index contributed by atoms with van der Waals surface area (Å²) in [5.41, 5.74) is -0.0798. The monoisotopic (exact) mass is 524 g/mol. The van der Waals surface area contributed by atoms with Crippen LogP contribution in [0.2, 0.25) is 0 Å². The Morgan fingerprint density at radius 3 is 2.58 bits per heavy atom. The Hall–Kier alpha value is -3.95. The van der Waals surface area contributed by atoms with E-state index in [2.05, 4.69) is 10.4 Å². The molecular formula is C28H33FN4O5. The fourth-order valence-electron chi connectivity index (χ4n) is 4.80. The molecule has 2 heterocycles. The van der Waals surface area contributed by atoms with E-state index in [1.165, 1.54) is 23.2 Å². The molecule has 2 aromatic rings. The molecule has 2 aliphatic rings. The number of halogens is 1. The van der Waals surface area contributed by atoms with Crippen LogP contribution in [0.5, 0.6) is 5.75 Å². The molecule has 0 radical (unpaired) electrons. The van der Waals surface area contributed by atoms with Gasteiger partial charge in [-0.3, -0.25) is 9.59 Å². The lowest BCUT2D eigenvalue weighted by molar-refractivity contribution is -0.141. The first kappa shape index (κ1) is 27.1. The molecule has 1 N–H and O–H groups in total. The minimum atomic E-state index is -1.13. The maximum absolute atomic E-state index is 13.8. The number of hydrogen-bond acceptors (Lipinski definition) is 6. The zero-order valence-electron chi connectivity index (χ0n) is 22.1. The largest absolute Gasteiger partial charge is 0.491 e. The lowest BCUT2D eigenvalue weighted by Crippen LogP contribution is -2.60. The van der Waals surface area contributed by atoms with Crippen LogP contribution in [-0.2, 0) is 20.7 Å². The lowest BCUT2D eigenvalue weighted by atomic mass is 9.73. The molecule has 0 aliphatic carbocycles. The number of alkyl carbamates (subject to hydrolysis) is 1. The molecule has 1 unspecified atom stereocenters. The summed E-state index contributed by atoms with van der Waals surface area (Å²) in [6, 6.07) is 14.0. The molecule has 38 heavy (non-hydrogen) atoms. The predicted molar refractivity (Wildman–Crippen MR) is 139 cm³/mol. The van der Waals surface area contributed by atoms with Gasteiger partial charge in [0.15, 0.2) is 0 Å². The molecule has 9 nitrogen and oxygen atoms in total. The van der Waals surface area contributed by atoms with Crippen molar-refractivity contribution in [1.29, 1.82) is 0 Å². The lowest BCUT2D eigenvalue weighted by Gasteiger charge is -2.40. The first-order valence-corrected chi connectivity index (χ1v) is 12.5. The van der Waals surface area contributed by atoms with Crippen LogP contribution in [0.15, 0.2) is 59.7 Å². The van der Waals surface area contributed by atoms with Crippen LogP contribution in [0.25, 0.3) is 0 Å². The molecule has 1 saturated heterocycles. The Bertz CT molecular complexity index is 1230. The van der Waals surface area contributed by atoms with Gasteiger partial charge in [-0.2, -0.15) is 5.10 Å². The highest BCUT2D eigenvalue weighted by Gasteiger charge is 2.54. The molecular weight excluding hydrogens is 491 g/mol. The van der Waals surface area contributed by atoms with Crippen LogP contribution in [-0.4, -0.2) is 71.9 Å². The quantitative estimate of drug-likeness (QED) is 0.599. The number of benzene rings is 2. The van der Waals surface area contributed by atoms with E-state index in [0.29, 0.717) is 19.4 Å². The second-order valence-corrected chi connectivity index (χ2v) is 10.6. The van der Waals surface area contributed by atoms with E-state index in [0.717, 1.165) is 11.3 Å². The molecule has 0 saturated carbocycles. The summed E-state index contributed by atoms with van der Waals surface area (Å²) >= 11 is 0. The average Bonchev–Trinajstić information content (AvgIpc) is 3.10. The number of nitrogens with zero attached hydrogens (tertiary/aromatic N) is 3. The van der Waals surface area contributed by atoms with Gasteiger partial charge in [0.1, 0.15) is 35.2 Å². The van der Waals surface area contributed by atoms with Gasteiger partial charge >= 0.3 is 6.09 Å². The fourth-order valence-corrected chi connectivity index (χ4v) is 4.80. The number of likely N-dealkylation sites (tertiary alicyclic amines) is 1. The summed E-state index contributed by atoms with van der Waals surface area (Å²) in [5.74, 6) is -0.877. The zero-order chi connectivity index (χ0) is 27.5. The minimum absolute atomic E-state index is 0.106. The topological polar surface area (TPSA) is 101 Å². The van der Waals surface area contributed by atoms with Gasteiger partial charge in [-0.15, -0.1) is 0 Å². The summed E-state index contributed by atoms with van der Waals surface area (Å²) < 4.78 is 24.7. The van der Waals surface area contributed by atoms with Crippen molar-refractivity contribution in [2.45, 2.75) is 45.3 Å². The van der Waals surface area contributed by atoms with Crippen LogP contribution in [0.1, 0.15) is 32.8 Å². The second-order valence-electron chi connectivity index (χ2n) is 10.6. The number of ether oxygens (including phenoxy) is 2. The van der Waals surface area contributed by atoms with Gasteiger partial charge in [0, 0.05) is 32.6 Å². The van der Waals surface area contributed by atoms with Crippen LogP contribution in [0, 0.1) is 11.2 Å². The van der Waals surface area contributed by atoms with Gasteiger partial charge in [-0.1, -0.05) is 36.4 Å². The smallest absolute Gasteiger partial charge is 0.408 e. The number of hydrazone groups is 1. The summed E-state index contributed by atoms with van der Waals surface area (Å²) in [6.07, 6.45) is 0.0240. The van der Waals surface area contributed by atoms with Crippen molar-refractivity contribution in [1.82, 2.24) is 15.2 Å². The number of nitrogens with one attached hydrogen (secondary N) is 1. The molecule has 0 spiro atoms.